The number of halogens is 1. The molecule has 6 heteroatoms. The lowest BCUT2D eigenvalue weighted by Gasteiger charge is -2.08. The maximum absolute atomic E-state index is 12.8. The topological polar surface area (TPSA) is 64.4 Å². The van der Waals surface area contributed by atoms with E-state index in [0.717, 1.165) is 11.3 Å². The predicted molar refractivity (Wildman–Crippen MR) is 113 cm³/mol. The van der Waals surface area contributed by atoms with Crippen molar-refractivity contribution >= 4 is 23.2 Å². The molecule has 144 valence electrons. The number of nitrogens with zero attached hydrogens (tertiary/aromatic N) is 1. The van der Waals surface area contributed by atoms with Gasteiger partial charge in [0, 0.05) is 21.8 Å². The third-order valence-electron chi connectivity index (χ3n) is 4.36. The molecule has 1 aromatic heterocycles. The molecule has 3 aromatic carbocycles. The molecule has 1 heterocycles. The minimum absolute atomic E-state index is 0.260. The summed E-state index contributed by atoms with van der Waals surface area (Å²) in [7, 11) is 1.61. The molecule has 4 rings (SSSR count). The smallest absolute Gasteiger partial charge is 0.256 e. The molecular formula is C23H17ClN2O3. The van der Waals surface area contributed by atoms with Crippen LogP contribution in [0.3, 0.4) is 0 Å². The van der Waals surface area contributed by atoms with Crippen LogP contribution in [-0.4, -0.2) is 18.0 Å². The maximum atomic E-state index is 12.8. The highest BCUT2D eigenvalue weighted by Gasteiger charge is 2.17. The van der Waals surface area contributed by atoms with E-state index in [9.17, 15) is 4.79 Å². The number of hydrogen-bond acceptors (Lipinski definition) is 4. The van der Waals surface area contributed by atoms with E-state index in [0.29, 0.717) is 33.5 Å². The van der Waals surface area contributed by atoms with Gasteiger partial charge < -0.3 is 14.5 Å². The molecule has 0 unspecified atom stereocenters. The van der Waals surface area contributed by atoms with E-state index < -0.39 is 0 Å². The summed E-state index contributed by atoms with van der Waals surface area (Å²) in [6.45, 7) is 0. The van der Waals surface area contributed by atoms with Gasteiger partial charge in [-0.05, 0) is 48.5 Å². The molecule has 0 spiro atoms. The highest BCUT2D eigenvalue weighted by atomic mass is 35.5. The third-order valence-corrected chi connectivity index (χ3v) is 4.62. The fourth-order valence-corrected chi connectivity index (χ4v) is 3.03. The predicted octanol–water partition coefficient (Wildman–Crippen LogP) is 5.92. The van der Waals surface area contributed by atoms with E-state index in [2.05, 4.69) is 10.3 Å². The minimum Gasteiger partial charge on any atom is -0.497 e. The van der Waals surface area contributed by atoms with Crippen molar-refractivity contribution in [3.63, 3.8) is 0 Å². The number of benzene rings is 3. The summed E-state index contributed by atoms with van der Waals surface area (Å²) in [5.41, 5.74) is 2.56. The summed E-state index contributed by atoms with van der Waals surface area (Å²) in [6.07, 6.45) is 1.64. The van der Waals surface area contributed by atoms with E-state index >= 15 is 0 Å². The fraction of sp³-hybridized carbons (Fsp3) is 0.0435. The average molecular weight is 405 g/mol. The van der Waals surface area contributed by atoms with Crippen LogP contribution in [0.2, 0.25) is 5.02 Å². The zero-order chi connectivity index (χ0) is 20.2. The first-order valence-corrected chi connectivity index (χ1v) is 9.28. The normalized spacial score (nSPS) is 10.6. The fourth-order valence-electron chi connectivity index (χ4n) is 2.91. The molecule has 4 aromatic rings. The van der Waals surface area contributed by atoms with Crippen LogP contribution in [0.4, 0.5) is 5.69 Å². The second-order valence-electron chi connectivity index (χ2n) is 6.27. The van der Waals surface area contributed by atoms with Crippen LogP contribution in [0.1, 0.15) is 10.4 Å². The molecule has 0 bridgehead atoms. The maximum Gasteiger partial charge on any atom is 0.256 e. The second-order valence-corrected chi connectivity index (χ2v) is 6.70. The summed E-state index contributed by atoms with van der Waals surface area (Å²) in [4.78, 5) is 17.2. The number of carbonyl (C=O) groups is 1. The summed E-state index contributed by atoms with van der Waals surface area (Å²) < 4.78 is 11.2. The Morgan fingerprint density at radius 1 is 1.03 bits per heavy atom. The number of nitrogens with one attached hydrogen (secondary N) is 1. The number of anilines is 1. The molecule has 0 aliphatic heterocycles. The van der Waals surface area contributed by atoms with Crippen LogP contribution in [0.25, 0.3) is 22.8 Å². The van der Waals surface area contributed by atoms with Crippen molar-refractivity contribution in [3.05, 3.63) is 89.6 Å². The number of oxazole rings is 1. The second kappa shape index (κ2) is 8.20. The van der Waals surface area contributed by atoms with Crippen LogP contribution >= 0.6 is 11.6 Å². The highest BCUT2D eigenvalue weighted by Crippen LogP contribution is 2.30. The Hall–Kier alpha value is -3.57. The van der Waals surface area contributed by atoms with Crippen LogP contribution in [-0.2, 0) is 0 Å². The molecule has 1 amide bonds. The Morgan fingerprint density at radius 2 is 1.83 bits per heavy atom. The van der Waals surface area contributed by atoms with Crippen molar-refractivity contribution in [2.45, 2.75) is 0 Å². The van der Waals surface area contributed by atoms with Gasteiger partial charge in [-0.15, -0.1) is 0 Å². The number of aromatic nitrogens is 1. The molecule has 0 fully saturated rings. The standard InChI is InChI=1S/C23H17ClN2O3/c1-28-18-6-4-5-15(13-18)21-14-25-23(29-21)20-8-3-2-7-19(20)22(27)26-17-11-9-16(24)10-12-17/h2-14H,1H3,(H,26,27). The van der Waals surface area contributed by atoms with Gasteiger partial charge in [0.05, 0.1) is 18.9 Å². The van der Waals surface area contributed by atoms with Gasteiger partial charge in [-0.25, -0.2) is 4.98 Å². The van der Waals surface area contributed by atoms with E-state index in [-0.39, 0.29) is 5.91 Å². The summed E-state index contributed by atoms with van der Waals surface area (Å²) in [5.74, 6) is 1.42. The monoisotopic (exact) mass is 404 g/mol. The Morgan fingerprint density at radius 3 is 2.62 bits per heavy atom. The van der Waals surface area contributed by atoms with Crippen molar-refractivity contribution < 1.29 is 13.9 Å². The SMILES string of the molecule is COc1cccc(-c2cnc(-c3ccccc3C(=O)Nc3ccc(Cl)cc3)o2)c1. The van der Waals surface area contributed by atoms with Crippen molar-refractivity contribution in [1.29, 1.82) is 0 Å². The molecule has 0 saturated carbocycles. The first-order chi connectivity index (χ1) is 14.1. The lowest BCUT2D eigenvalue weighted by atomic mass is 10.1. The van der Waals surface area contributed by atoms with Gasteiger partial charge in [-0.1, -0.05) is 35.9 Å². The first kappa shape index (κ1) is 18.8. The number of methoxy groups -OCH3 is 1. The van der Waals surface area contributed by atoms with Crippen molar-refractivity contribution in [3.8, 4) is 28.5 Å². The quantitative estimate of drug-likeness (QED) is 0.448. The molecule has 5 nitrogen and oxygen atoms in total. The van der Waals surface area contributed by atoms with Crippen molar-refractivity contribution in [1.82, 2.24) is 4.98 Å². The Kier molecular flexibility index (Phi) is 5.31. The van der Waals surface area contributed by atoms with Gasteiger partial charge in [0.15, 0.2) is 5.76 Å². The van der Waals surface area contributed by atoms with Gasteiger partial charge in [-0.2, -0.15) is 0 Å². The van der Waals surface area contributed by atoms with Crippen LogP contribution < -0.4 is 10.1 Å². The Bertz CT molecular complexity index is 1150. The zero-order valence-corrected chi connectivity index (χ0v) is 16.3. The molecule has 29 heavy (non-hydrogen) atoms. The lowest BCUT2D eigenvalue weighted by Crippen LogP contribution is -2.13. The van der Waals surface area contributed by atoms with E-state index in [1.807, 2.05) is 30.3 Å². The summed E-state index contributed by atoms with van der Waals surface area (Å²) in [6, 6.07) is 21.6. The van der Waals surface area contributed by atoms with E-state index in [4.69, 9.17) is 20.8 Å². The van der Waals surface area contributed by atoms with Gasteiger partial charge in [0.1, 0.15) is 5.75 Å². The number of ether oxygens (including phenoxy) is 1. The molecule has 0 aliphatic carbocycles. The molecule has 0 aliphatic rings. The van der Waals surface area contributed by atoms with Gasteiger partial charge in [0.2, 0.25) is 5.89 Å². The van der Waals surface area contributed by atoms with Crippen LogP contribution in [0.15, 0.2) is 83.4 Å². The lowest BCUT2D eigenvalue weighted by molar-refractivity contribution is 0.102. The number of rotatable bonds is 5. The average Bonchev–Trinajstić information content (AvgIpc) is 3.25. The first-order valence-electron chi connectivity index (χ1n) is 8.90. The van der Waals surface area contributed by atoms with Gasteiger partial charge >= 0.3 is 0 Å². The molecule has 0 saturated heterocycles. The molecule has 0 atom stereocenters. The molecule has 0 radical (unpaired) electrons. The third kappa shape index (κ3) is 4.15. The summed E-state index contributed by atoms with van der Waals surface area (Å²) in [5, 5.41) is 3.47. The Labute approximate surface area is 172 Å². The number of carbonyl (C=O) groups excluding carboxylic acids is 1. The Balaban J connectivity index is 1.64. The largest absolute Gasteiger partial charge is 0.497 e. The van der Waals surface area contributed by atoms with Gasteiger partial charge in [0.25, 0.3) is 5.91 Å². The van der Waals surface area contributed by atoms with Crippen molar-refractivity contribution in [2.24, 2.45) is 0 Å². The highest BCUT2D eigenvalue weighted by molar-refractivity contribution is 6.30. The zero-order valence-electron chi connectivity index (χ0n) is 15.6. The molecular weight excluding hydrogens is 388 g/mol. The number of hydrogen-bond donors (Lipinski definition) is 1. The van der Waals surface area contributed by atoms with Crippen LogP contribution in [0, 0.1) is 0 Å². The molecule has 1 N–H and O–H groups in total. The van der Waals surface area contributed by atoms with Crippen LogP contribution in [0.5, 0.6) is 5.75 Å². The summed E-state index contributed by atoms with van der Waals surface area (Å²) >= 11 is 5.90. The minimum atomic E-state index is -0.260. The van der Waals surface area contributed by atoms with E-state index in [1.165, 1.54) is 0 Å². The van der Waals surface area contributed by atoms with E-state index in [1.54, 1.807) is 55.8 Å². The van der Waals surface area contributed by atoms with Crippen molar-refractivity contribution in [2.75, 3.05) is 12.4 Å². The van der Waals surface area contributed by atoms with Gasteiger partial charge in [-0.3, -0.25) is 4.79 Å². The number of amides is 1.